The van der Waals surface area contributed by atoms with E-state index in [4.69, 9.17) is 9.47 Å². The van der Waals surface area contributed by atoms with Crippen molar-refractivity contribution in [1.29, 1.82) is 0 Å². The van der Waals surface area contributed by atoms with Crippen molar-refractivity contribution >= 4 is 21.9 Å². The molecule has 0 spiro atoms. The fourth-order valence-electron chi connectivity index (χ4n) is 0.951. The fourth-order valence-corrected chi connectivity index (χ4v) is 1.19. The van der Waals surface area contributed by atoms with Gasteiger partial charge in [0.1, 0.15) is 5.60 Å². The van der Waals surface area contributed by atoms with Crippen molar-refractivity contribution in [2.75, 3.05) is 6.61 Å². The molecule has 1 aromatic rings. The molecule has 1 rings (SSSR count). The number of aromatic nitrogens is 1. The monoisotopic (exact) mass is 287 g/mol. The highest BCUT2D eigenvalue weighted by Gasteiger charge is 2.16. The highest BCUT2D eigenvalue weighted by molar-refractivity contribution is 9.10. The van der Waals surface area contributed by atoms with Crippen LogP contribution in [0.2, 0.25) is 0 Å². The zero-order valence-corrected chi connectivity index (χ0v) is 11.1. The van der Waals surface area contributed by atoms with E-state index in [0.717, 1.165) is 4.47 Å². The molecule has 0 amide bonds. The molecule has 0 saturated heterocycles. The molecule has 0 N–H and O–H groups in total. The maximum atomic E-state index is 11.3. The molecule has 0 bridgehead atoms. The Morgan fingerprint density at radius 1 is 1.44 bits per heavy atom. The third kappa shape index (κ3) is 5.11. The van der Waals surface area contributed by atoms with E-state index < -0.39 is 11.6 Å². The Labute approximate surface area is 103 Å². The third-order valence-electron chi connectivity index (χ3n) is 1.46. The van der Waals surface area contributed by atoms with Gasteiger partial charge in [-0.2, -0.15) is 0 Å². The second kappa shape index (κ2) is 5.30. The quantitative estimate of drug-likeness (QED) is 0.802. The molecule has 1 heterocycles. The second-order valence-corrected chi connectivity index (χ2v) is 5.11. The van der Waals surface area contributed by atoms with Gasteiger partial charge in [-0.15, -0.1) is 0 Å². The van der Waals surface area contributed by atoms with Crippen LogP contribution >= 0.6 is 15.9 Å². The van der Waals surface area contributed by atoms with Gasteiger partial charge in [0.2, 0.25) is 5.88 Å². The summed E-state index contributed by atoms with van der Waals surface area (Å²) in [6.07, 6.45) is 1.60. The minimum Gasteiger partial charge on any atom is -0.466 e. The van der Waals surface area contributed by atoms with Crippen LogP contribution in [-0.2, 0) is 9.53 Å². The van der Waals surface area contributed by atoms with E-state index in [2.05, 4.69) is 20.9 Å². The summed E-state index contributed by atoms with van der Waals surface area (Å²) < 4.78 is 11.1. The lowest BCUT2D eigenvalue weighted by Gasteiger charge is -2.19. The lowest BCUT2D eigenvalue weighted by Crippen LogP contribution is -2.27. The van der Waals surface area contributed by atoms with E-state index >= 15 is 0 Å². The molecule has 4 nitrogen and oxygen atoms in total. The molecule has 0 atom stereocenters. The van der Waals surface area contributed by atoms with Crippen LogP contribution in [0.25, 0.3) is 0 Å². The van der Waals surface area contributed by atoms with E-state index in [9.17, 15) is 4.79 Å². The average molecular weight is 288 g/mol. The molecule has 88 valence electrons. The first-order chi connectivity index (χ1) is 7.37. The van der Waals surface area contributed by atoms with E-state index in [1.165, 1.54) is 0 Å². The van der Waals surface area contributed by atoms with Gasteiger partial charge in [0, 0.05) is 16.7 Å². The van der Waals surface area contributed by atoms with Gasteiger partial charge < -0.3 is 9.47 Å². The normalized spacial score (nSPS) is 11.0. The summed E-state index contributed by atoms with van der Waals surface area (Å²) in [7, 11) is 0. The molecule has 0 radical (unpaired) electrons. The fraction of sp³-hybridized carbons (Fsp3) is 0.455. The number of nitrogens with zero attached hydrogens (tertiary/aromatic N) is 1. The van der Waals surface area contributed by atoms with Crippen LogP contribution < -0.4 is 4.74 Å². The minimum absolute atomic E-state index is 0.133. The number of pyridine rings is 1. The van der Waals surface area contributed by atoms with E-state index in [1.54, 1.807) is 18.3 Å². The summed E-state index contributed by atoms with van der Waals surface area (Å²) >= 11 is 3.26. The van der Waals surface area contributed by atoms with Crippen molar-refractivity contribution < 1.29 is 14.3 Å². The number of ether oxygens (including phenoxy) is 2. The number of halogens is 1. The number of hydrogen-bond donors (Lipinski definition) is 0. The molecule has 5 heteroatoms. The number of rotatable bonds is 3. The zero-order chi connectivity index (χ0) is 12.2. The maximum Gasteiger partial charge on any atom is 0.344 e. The summed E-state index contributed by atoms with van der Waals surface area (Å²) in [6.45, 7) is 5.29. The first kappa shape index (κ1) is 13.0. The molecular weight excluding hydrogens is 274 g/mol. The predicted molar refractivity (Wildman–Crippen MR) is 63.3 cm³/mol. The highest BCUT2D eigenvalue weighted by Crippen LogP contribution is 2.12. The van der Waals surface area contributed by atoms with Gasteiger partial charge in [0.05, 0.1) is 0 Å². The van der Waals surface area contributed by atoms with E-state index in [0.29, 0.717) is 5.88 Å². The molecule has 1 aromatic heterocycles. The molecule has 0 aliphatic rings. The van der Waals surface area contributed by atoms with Gasteiger partial charge >= 0.3 is 5.97 Å². The van der Waals surface area contributed by atoms with Crippen molar-refractivity contribution in [3.63, 3.8) is 0 Å². The van der Waals surface area contributed by atoms with Crippen molar-refractivity contribution in [3.05, 3.63) is 22.8 Å². The number of esters is 1. The standard InChI is InChI=1S/C11H14BrNO3/c1-11(2,3)16-10(14)7-15-9-5-4-8(12)6-13-9/h4-6H,7H2,1-3H3. The van der Waals surface area contributed by atoms with Crippen LogP contribution in [0.1, 0.15) is 20.8 Å². The van der Waals surface area contributed by atoms with Crippen LogP contribution in [0.3, 0.4) is 0 Å². The predicted octanol–water partition coefficient (Wildman–Crippen LogP) is 2.56. The van der Waals surface area contributed by atoms with Crippen LogP contribution in [-0.4, -0.2) is 23.2 Å². The summed E-state index contributed by atoms with van der Waals surface area (Å²) in [6, 6.07) is 3.46. The number of hydrogen-bond acceptors (Lipinski definition) is 4. The van der Waals surface area contributed by atoms with Crippen molar-refractivity contribution in [3.8, 4) is 5.88 Å². The molecule has 0 fully saturated rings. The Morgan fingerprint density at radius 2 is 2.12 bits per heavy atom. The number of carbonyl (C=O) groups excluding carboxylic acids is 1. The molecule has 0 saturated carbocycles. The summed E-state index contributed by atoms with van der Waals surface area (Å²) in [5.74, 6) is -0.00808. The number of carbonyl (C=O) groups is 1. The van der Waals surface area contributed by atoms with Gasteiger partial charge in [-0.25, -0.2) is 9.78 Å². The largest absolute Gasteiger partial charge is 0.466 e. The lowest BCUT2D eigenvalue weighted by molar-refractivity contribution is -0.157. The molecule has 0 unspecified atom stereocenters. The first-order valence-corrected chi connectivity index (χ1v) is 5.62. The van der Waals surface area contributed by atoms with Gasteiger partial charge in [0.15, 0.2) is 6.61 Å². The van der Waals surface area contributed by atoms with E-state index in [1.807, 2.05) is 20.8 Å². The van der Waals surface area contributed by atoms with Gasteiger partial charge in [-0.05, 0) is 42.8 Å². The molecule has 0 aromatic carbocycles. The minimum atomic E-state index is -0.492. The molecule has 0 aliphatic heterocycles. The van der Waals surface area contributed by atoms with Crippen molar-refractivity contribution in [1.82, 2.24) is 4.98 Å². The average Bonchev–Trinajstić information content (AvgIpc) is 2.14. The summed E-state index contributed by atoms with van der Waals surface area (Å²) in [5, 5.41) is 0. The van der Waals surface area contributed by atoms with E-state index in [-0.39, 0.29) is 6.61 Å². The molecular formula is C11H14BrNO3. The summed E-state index contributed by atoms with van der Waals surface area (Å²) in [5.41, 5.74) is -0.492. The lowest BCUT2D eigenvalue weighted by atomic mass is 10.2. The SMILES string of the molecule is CC(C)(C)OC(=O)COc1ccc(Br)cn1. The topological polar surface area (TPSA) is 48.4 Å². The summed E-state index contributed by atoms with van der Waals surface area (Å²) in [4.78, 5) is 15.3. The van der Waals surface area contributed by atoms with Crippen LogP contribution in [0, 0.1) is 0 Å². The maximum absolute atomic E-state index is 11.3. The molecule has 16 heavy (non-hydrogen) atoms. The van der Waals surface area contributed by atoms with Crippen LogP contribution in [0.15, 0.2) is 22.8 Å². The Hall–Kier alpha value is -1.10. The van der Waals surface area contributed by atoms with Gasteiger partial charge in [-0.1, -0.05) is 0 Å². The Kier molecular flexibility index (Phi) is 4.29. The zero-order valence-electron chi connectivity index (χ0n) is 9.49. The smallest absolute Gasteiger partial charge is 0.344 e. The third-order valence-corrected chi connectivity index (χ3v) is 1.93. The Morgan fingerprint density at radius 3 is 2.62 bits per heavy atom. The Bertz CT molecular complexity index is 356. The van der Waals surface area contributed by atoms with Crippen molar-refractivity contribution in [2.45, 2.75) is 26.4 Å². The second-order valence-electron chi connectivity index (χ2n) is 4.19. The van der Waals surface area contributed by atoms with Gasteiger partial charge in [0.25, 0.3) is 0 Å². The van der Waals surface area contributed by atoms with Gasteiger partial charge in [-0.3, -0.25) is 0 Å². The van der Waals surface area contributed by atoms with Crippen LogP contribution in [0.5, 0.6) is 5.88 Å². The Balaban J connectivity index is 2.40. The highest BCUT2D eigenvalue weighted by atomic mass is 79.9. The van der Waals surface area contributed by atoms with Crippen molar-refractivity contribution in [2.24, 2.45) is 0 Å². The van der Waals surface area contributed by atoms with Crippen LogP contribution in [0.4, 0.5) is 0 Å². The first-order valence-electron chi connectivity index (χ1n) is 4.83. The molecule has 0 aliphatic carbocycles.